The number of hydrogen-bond acceptors (Lipinski definition) is 4. The first-order chi connectivity index (χ1) is 11.1. The molecule has 0 bridgehead atoms. The first-order valence-corrected chi connectivity index (χ1v) is 9.96. The van der Waals surface area contributed by atoms with Gasteiger partial charge in [0.05, 0.1) is 12.1 Å². The quantitative estimate of drug-likeness (QED) is 0.417. The molecule has 0 radical (unpaired) electrons. The van der Waals surface area contributed by atoms with Gasteiger partial charge in [-0.05, 0) is 60.2 Å². The van der Waals surface area contributed by atoms with Gasteiger partial charge in [0.15, 0.2) is 0 Å². The highest BCUT2D eigenvalue weighted by molar-refractivity contribution is 14.1. The molecule has 3 amide bonds. The number of nitrogens with two attached hydrogens (primary N) is 1. The molecule has 0 spiro atoms. The number of nitrogens with zero attached hydrogens (tertiary/aromatic N) is 1. The van der Waals surface area contributed by atoms with Gasteiger partial charge in [-0.15, -0.1) is 0 Å². The Bertz CT molecular complexity index is 613. The number of carbonyl (C=O) groups is 2. The van der Waals surface area contributed by atoms with E-state index in [1.54, 1.807) is 6.07 Å². The summed E-state index contributed by atoms with van der Waals surface area (Å²) in [6, 6.07) is 7.16. The second-order valence-corrected chi connectivity index (χ2v) is 8.41. The van der Waals surface area contributed by atoms with Crippen LogP contribution in [0, 0.1) is 3.57 Å². The van der Waals surface area contributed by atoms with Crippen LogP contribution in [0.15, 0.2) is 24.3 Å². The topological polar surface area (TPSA) is 75.4 Å². The molecule has 3 atom stereocenters. The summed E-state index contributed by atoms with van der Waals surface area (Å²) in [7, 11) is 0. The van der Waals surface area contributed by atoms with Crippen LogP contribution < -0.4 is 11.1 Å². The van der Waals surface area contributed by atoms with Crippen molar-refractivity contribution in [3.05, 3.63) is 33.4 Å². The molecule has 2 saturated heterocycles. The van der Waals surface area contributed by atoms with E-state index in [4.69, 9.17) is 5.73 Å². The Labute approximate surface area is 153 Å². The molecular formula is C16H20IN3O2S. The first-order valence-electron chi connectivity index (χ1n) is 7.83. The molecule has 7 heteroatoms. The molecule has 0 unspecified atom stereocenters. The zero-order chi connectivity index (χ0) is 16.4. The number of hydrogen-bond donors (Lipinski definition) is 2. The molecular weight excluding hydrogens is 423 g/mol. The molecule has 2 aliphatic heterocycles. The van der Waals surface area contributed by atoms with E-state index in [0.29, 0.717) is 17.4 Å². The number of halogens is 1. The minimum absolute atomic E-state index is 0.0457. The lowest BCUT2D eigenvalue weighted by Crippen LogP contribution is -2.44. The van der Waals surface area contributed by atoms with Crippen LogP contribution in [0.2, 0.25) is 0 Å². The molecule has 1 aromatic rings. The third-order valence-electron chi connectivity index (χ3n) is 4.34. The van der Waals surface area contributed by atoms with Gasteiger partial charge in [0.1, 0.15) is 0 Å². The molecule has 1 aromatic carbocycles. The highest BCUT2D eigenvalue weighted by Crippen LogP contribution is 2.38. The second kappa shape index (κ2) is 7.40. The number of thioether (sulfide) groups is 1. The Hall–Kier alpha value is -0.800. The molecule has 3 rings (SSSR count). The minimum atomic E-state index is -0.256. The minimum Gasteiger partial charge on any atom is -0.332 e. The van der Waals surface area contributed by atoms with Crippen molar-refractivity contribution in [1.29, 1.82) is 0 Å². The third-order valence-corrected chi connectivity index (χ3v) is 6.51. The van der Waals surface area contributed by atoms with E-state index in [9.17, 15) is 9.59 Å². The van der Waals surface area contributed by atoms with Crippen molar-refractivity contribution in [2.24, 2.45) is 5.73 Å². The van der Waals surface area contributed by atoms with Crippen LogP contribution in [-0.4, -0.2) is 46.5 Å². The number of imide groups is 1. The van der Waals surface area contributed by atoms with Gasteiger partial charge in [-0.1, -0.05) is 12.5 Å². The van der Waals surface area contributed by atoms with Crippen molar-refractivity contribution in [3.63, 3.8) is 0 Å². The molecule has 0 aromatic heterocycles. The van der Waals surface area contributed by atoms with Gasteiger partial charge in [0.25, 0.3) is 5.91 Å². The summed E-state index contributed by atoms with van der Waals surface area (Å²) in [6.07, 6.45) is 3.02. The normalized spacial score (nSPS) is 26.3. The molecule has 23 heavy (non-hydrogen) atoms. The summed E-state index contributed by atoms with van der Waals surface area (Å²) in [5, 5.41) is 3.27. The van der Waals surface area contributed by atoms with Crippen molar-refractivity contribution >= 4 is 46.3 Å². The smallest absolute Gasteiger partial charge is 0.325 e. The predicted molar refractivity (Wildman–Crippen MR) is 101 cm³/mol. The lowest BCUT2D eigenvalue weighted by atomic mass is 10.0. The number of unbranched alkanes of at least 4 members (excludes halogenated alkanes) is 1. The highest BCUT2D eigenvalue weighted by Gasteiger charge is 2.50. The molecule has 2 heterocycles. The van der Waals surface area contributed by atoms with E-state index in [2.05, 4.69) is 27.9 Å². The zero-order valence-electron chi connectivity index (χ0n) is 12.7. The lowest BCUT2D eigenvalue weighted by Gasteiger charge is -2.25. The van der Waals surface area contributed by atoms with Gasteiger partial charge in [0.2, 0.25) is 0 Å². The standard InChI is InChI=1S/C16H20IN3O2S/c17-11-5-3-4-10(8-11)15(21)20-14-12(19-16(20)22)9-23-13(14)6-1-2-7-18/h3-5,8,12-14H,1-2,6-7,9,18H2,(H,19,22)/t12-,13+,14+/m1/s1/i17-2. The largest absolute Gasteiger partial charge is 0.332 e. The van der Waals surface area contributed by atoms with E-state index in [1.165, 1.54) is 4.90 Å². The van der Waals surface area contributed by atoms with E-state index < -0.39 is 0 Å². The van der Waals surface area contributed by atoms with Gasteiger partial charge < -0.3 is 11.1 Å². The van der Waals surface area contributed by atoms with E-state index in [1.807, 2.05) is 30.0 Å². The fourth-order valence-corrected chi connectivity index (χ4v) is 5.37. The van der Waals surface area contributed by atoms with Crippen molar-refractivity contribution in [1.82, 2.24) is 10.2 Å². The van der Waals surface area contributed by atoms with E-state index in [0.717, 1.165) is 28.6 Å². The fraction of sp³-hybridized carbons (Fsp3) is 0.500. The molecule has 2 fully saturated rings. The maximum Gasteiger partial charge on any atom is 0.325 e. The number of carbonyl (C=O) groups excluding carboxylic acids is 2. The third kappa shape index (κ3) is 3.51. The SMILES string of the molecule is NCCCC[C@@H]1SC[C@H]2NC(=O)N(C(=O)c3cccc([125I])c3)[C@H]12. The Morgan fingerprint density at radius 2 is 2.26 bits per heavy atom. The summed E-state index contributed by atoms with van der Waals surface area (Å²) in [5.41, 5.74) is 6.14. The number of fused-ring (bicyclic) bond motifs is 1. The molecule has 5 nitrogen and oxygen atoms in total. The van der Waals surface area contributed by atoms with Crippen LogP contribution in [0.25, 0.3) is 0 Å². The summed E-state index contributed by atoms with van der Waals surface area (Å²) in [6.45, 7) is 0.688. The molecule has 0 aliphatic carbocycles. The van der Waals surface area contributed by atoms with Crippen molar-refractivity contribution in [2.75, 3.05) is 12.3 Å². The molecule has 124 valence electrons. The fourth-order valence-electron chi connectivity index (χ4n) is 3.25. The Morgan fingerprint density at radius 3 is 3.00 bits per heavy atom. The average molecular weight is 443 g/mol. The van der Waals surface area contributed by atoms with Crippen LogP contribution in [0.5, 0.6) is 0 Å². The summed E-state index contributed by atoms with van der Waals surface area (Å²) < 4.78 is 0.991. The van der Waals surface area contributed by atoms with Crippen LogP contribution in [0.3, 0.4) is 0 Å². The van der Waals surface area contributed by atoms with Gasteiger partial charge in [-0.3, -0.25) is 9.69 Å². The lowest BCUT2D eigenvalue weighted by molar-refractivity contribution is 0.0777. The zero-order valence-corrected chi connectivity index (χ0v) is 15.7. The summed E-state index contributed by atoms with van der Waals surface area (Å²) >= 11 is 4.03. The predicted octanol–water partition coefficient (Wildman–Crippen LogP) is 2.44. The summed E-state index contributed by atoms with van der Waals surface area (Å²) in [4.78, 5) is 26.6. The Kier molecular flexibility index (Phi) is 5.48. The van der Waals surface area contributed by atoms with E-state index >= 15 is 0 Å². The maximum absolute atomic E-state index is 12.9. The van der Waals surface area contributed by atoms with Gasteiger partial charge >= 0.3 is 6.03 Å². The number of rotatable bonds is 5. The van der Waals surface area contributed by atoms with Crippen LogP contribution in [-0.2, 0) is 0 Å². The van der Waals surface area contributed by atoms with Crippen molar-refractivity contribution in [3.8, 4) is 0 Å². The first kappa shape index (κ1) is 17.0. The molecule has 3 N–H and O–H groups in total. The maximum atomic E-state index is 12.9. The van der Waals surface area contributed by atoms with Crippen molar-refractivity contribution in [2.45, 2.75) is 36.6 Å². The van der Waals surface area contributed by atoms with Crippen LogP contribution in [0.1, 0.15) is 29.6 Å². The van der Waals surface area contributed by atoms with Gasteiger partial charge in [-0.2, -0.15) is 11.8 Å². The monoisotopic (exact) mass is 443 g/mol. The van der Waals surface area contributed by atoms with Crippen molar-refractivity contribution < 1.29 is 9.59 Å². The average Bonchev–Trinajstić information content (AvgIpc) is 3.05. The second-order valence-electron chi connectivity index (χ2n) is 5.89. The van der Waals surface area contributed by atoms with Crippen LogP contribution in [0.4, 0.5) is 4.79 Å². The number of benzene rings is 1. The summed E-state index contributed by atoms with van der Waals surface area (Å²) in [5.74, 6) is 0.680. The Balaban J connectivity index is 1.79. The number of amides is 3. The van der Waals surface area contributed by atoms with Gasteiger partial charge in [-0.25, -0.2) is 4.79 Å². The van der Waals surface area contributed by atoms with Crippen LogP contribution >= 0.6 is 34.4 Å². The number of urea groups is 1. The molecule has 0 saturated carbocycles. The van der Waals surface area contributed by atoms with Gasteiger partial charge in [0, 0.05) is 20.1 Å². The molecule has 2 aliphatic rings. The highest BCUT2D eigenvalue weighted by atomic mass is 125. The Morgan fingerprint density at radius 1 is 1.43 bits per heavy atom. The van der Waals surface area contributed by atoms with E-state index in [-0.39, 0.29) is 24.0 Å². The number of nitrogens with one attached hydrogen (secondary N) is 1.